The zero-order valence-corrected chi connectivity index (χ0v) is 10.8. The first-order valence-electron chi connectivity index (χ1n) is 6.21. The number of hydrogen-bond acceptors (Lipinski definition) is 5. The lowest BCUT2D eigenvalue weighted by atomic mass is 10.2. The van der Waals surface area contributed by atoms with Crippen LogP contribution in [0.25, 0.3) is 0 Å². The third-order valence-electron chi connectivity index (χ3n) is 3.21. The molecule has 1 aliphatic rings. The van der Waals surface area contributed by atoms with Gasteiger partial charge in [-0.05, 0) is 25.7 Å². The van der Waals surface area contributed by atoms with E-state index in [1.165, 1.54) is 12.8 Å². The van der Waals surface area contributed by atoms with Crippen molar-refractivity contribution in [2.45, 2.75) is 33.1 Å². The van der Waals surface area contributed by atoms with Crippen LogP contribution in [-0.2, 0) is 6.42 Å². The van der Waals surface area contributed by atoms with Crippen molar-refractivity contribution in [2.24, 2.45) is 11.8 Å². The van der Waals surface area contributed by atoms with E-state index in [1.54, 1.807) is 0 Å². The summed E-state index contributed by atoms with van der Waals surface area (Å²) in [7, 11) is 2.09. The second-order valence-corrected chi connectivity index (χ2v) is 4.76. The average molecular weight is 235 g/mol. The summed E-state index contributed by atoms with van der Waals surface area (Å²) in [6, 6.07) is 0. The Morgan fingerprint density at radius 1 is 1.41 bits per heavy atom. The lowest BCUT2D eigenvalue weighted by Crippen LogP contribution is -2.24. The van der Waals surface area contributed by atoms with Gasteiger partial charge in [-0.15, -0.1) is 0 Å². The molecule has 5 nitrogen and oxygen atoms in total. The maximum absolute atomic E-state index is 5.50. The number of aryl methyl sites for hydroxylation is 1. The molecule has 1 aromatic rings. The minimum atomic E-state index is 0.731. The topological polar surface area (TPSA) is 67.1 Å². The highest BCUT2D eigenvalue weighted by Crippen LogP contribution is 2.32. The molecule has 1 heterocycles. The van der Waals surface area contributed by atoms with Crippen LogP contribution in [-0.4, -0.2) is 23.6 Å². The van der Waals surface area contributed by atoms with Crippen LogP contribution in [0.3, 0.4) is 0 Å². The summed E-state index contributed by atoms with van der Waals surface area (Å²) in [5.41, 5.74) is 3.68. The quantitative estimate of drug-likeness (QED) is 0.597. The van der Waals surface area contributed by atoms with E-state index in [0.717, 1.165) is 41.9 Å². The largest absolute Gasteiger partial charge is 0.359 e. The number of hydrazine groups is 1. The van der Waals surface area contributed by atoms with E-state index in [2.05, 4.69) is 34.3 Å². The van der Waals surface area contributed by atoms with Gasteiger partial charge in [0, 0.05) is 25.6 Å². The molecule has 0 unspecified atom stereocenters. The van der Waals surface area contributed by atoms with Crippen molar-refractivity contribution >= 4 is 11.6 Å². The van der Waals surface area contributed by atoms with E-state index < -0.39 is 0 Å². The van der Waals surface area contributed by atoms with Gasteiger partial charge in [0.15, 0.2) is 0 Å². The van der Waals surface area contributed by atoms with Gasteiger partial charge < -0.3 is 10.3 Å². The van der Waals surface area contributed by atoms with E-state index in [-0.39, 0.29) is 0 Å². The third kappa shape index (κ3) is 2.66. The molecular formula is C12H21N5. The Morgan fingerprint density at radius 2 is 2.12 bits per heavy atom. The summed E-state index contributed by atoms with van der Waals surface area (Å²) in [5, 5.41) is 0. The second kappa shape index (κ2) is 4.87. The minimum absolute atomic E-state index is 0.731. The second-order valence-electron chi connectivity index (χ2n) is 4.76. The fraction of sp³-hybridized carbons (Fsp3) is 0.667. The van der Waals surface area contributed by atoms with Crippen LogP contribution < -0.4 is 16.2 Å². The van der Waals surface area contributed by atoms with Gasteiger partial charge in [0.25, 0.3) is 0 Å². The SMILES string of the molecule is CCc1nc(NN)c(C)c(N(C)CC2CC2)n1. The highest BCUT2D eigenvalue weighted by Gasteiger charge is 2.24. The van der Waals surface area contributed by atoms with Crippen LogP contribution in [0.1, 0.15) is 31.2 Å². The molecule has 3 N–H and O–H groups in total. The average Bonchev–Trinajstić information content (AvgIpc) is 3.13. The maximum Gasteiger partial charge on any atom is 0.148 e. The summed E-state index contributed by atoms with van der Waals surface area (Å²) in [6.45, 7) is 5.13. The highest BCUT2D eigenvalue weighted by molar-refractivity contribution is 5.57. The van der Waals surface area contributed by atoms with Gasteiger partial charge in [-0.3, -0.25) is 0 Å². The fourth-order valence-corrected chi connectivity index (χ4v) is 1.99. The molecule has 0 bridgehead atoms. The molecule has 0 radical (unpaired) electrons. The van der Waals surface area contributed by atoms with Crippen molar-refractivity contribution in [3.63, 3.8) is 0 Å². The van der Waals surface area contributed by atoms with Crippen molar-refractivity contribution < 1.29 is 0 Å². The predicted molar refractivity (Wildman–Crippen MR) is 70.0 cm³/mol. The number of nitrogens with two attached hydrogens (primary N) is 1. The van der Waals surface area contributed by atoms with E-state index in [9.17, 15) is 0 Å². The molecule has 1 aromatic heterocycles. The normalized spacial score (nSPS) is 14.8. The number of nitrogens with one attached hydrogen (secondary N) is 1. The van der Waals surface area contributed by atoms with E-state index in [4.69, 9.17) is 5.84 Å². The number of hydrogen-bond donors (Lipinski definition) is 2. The Balaban J connectivity index is 2.28. The van der Waals surface area contributed by atoms with Gasteiger partial charge in [0.1, 0.15) is 17.5 Å². The number of nitrogens with zero attached hydrogens (tertiary/aromatic N) is 3. The van der Waals surface area contributed by atoms with Crippen LogP contribution in [0, 0.1) is 12.8 Å². The molecule has 0 saturated heterocycles. The summed E-state index contributed by atoms with van der Waals surface area (Å²) in [6.07, 6.45) is 3.51. The number of aromatic nitrogens is 2. The summed E-state index contributed by atoms with van der Waals surface area (Å²) in [4.78, 5) is 11.2. The molecule has 1 fully saturated rings. The smallest absolute Gasteiger partial charge is 0.148 e. The molecule has 94 valence electrons. The molecule has 17 heavy (non-hydrogen) atoms. The highest BCUT2D eigenvalue weighted by atomic mass is 15.3. The predicted octanol–water partition coefficient (Wildman–Crippen LogP) is 1.48. The van der Waals surface area contributed by atoms with Crippen molar-refractivity contribution in [2.75, 3.05) is 23.9 Å². The lowest BCUT2D eigenvalue weighted by Gasteiger charge is -2.21. The van der Waals surface area contributed by atoms with Gasteiger partial charge in [-0.25, -0.2) is 15.8 Å². The molecule has 5 heteroatoms. The molecule has 0 spiro atoms. The summed E-state index contributed by atoms with van der Waals surface area (Å²) in [5.74, 6) is 8.90. The third-order valence-corrected chi connectivity index (χ3v) is 3.21. The van der Waals surface area contributed by atoms with Gasteiger partial charge in [0.2, 0.25) is 0 Å². The molecule has 0 atom stereocenters. The molecule has 0 aromatic carbocycles. The van der Waals surface area contributed by atoms with Crippen molar-refractivity contribution in [1.82, 2.24) is 9.97 Å². The number of rotatable bonds is 5. The Kier molecular flexibility index (Phi) is 3.47. The standard InChI is InChI=1S/C12H21N5/c1-4-10-14-11(16-13)8(2)12(15-10)17(3)7-9-5-6-9/h9H,4-7,13H2,1-3H3,(H,14,15,16). The first-order valence-corrected chi connectivity index (χ1v) is 6.21. The first kappa shape index (κ1) is 12.1. The molecule has 1 saturated carbocycles. The Bertz CT molecular complexity index is 400. The van der Waals surface area contributed by atoms with Gasteiger partial charge >= 0.3 is 0 Å². The van der Waals surface area contributed by atoms with Crippen LogP contribution in [0.4, 0.5) is 11.6 Å². The number of anilines is 2. The van der Waals surface area contributed by atoms with Crippen LogP contribution in [0.5, 0.6) is 0 Å². The maximum atomic E-state index is 5.50. The Labute approximate surface area is 102 Å². The van der Waals surface area contributed by atoms with Crippen molar-refractivity contribution in [3.8, 4) is 0 Å². The van der Waals surface area contributed by atoms with Gasteiger partial charge in [-0.1, -0.05) is 6.92 Å². The lowest BCUT2D eigenvalue weighted by molar-refractivity contribution is 0.765. The summed E-state index contributed by atoms with van der Waals surface area (Å²) >= 11 is 0. The molecule has 1 aliphatic carbocycles. The number of nitrogen functional groups attached to an aromatic ring is 1. The summed E-state index contributed by atoms with van der Waals surface area (Å²) < 4.78 is 0. The van der Waals surface area contributed by atoms with Gasteiger partial charge in [-0.2, -0.15) is 0 Å². The van der Waals surface area contributed by atoms with Crippen LogP contribution in [0.15, 0.2) is 0 Å². The molecule has 0 amide bonds. The van der Waals surface area contributed by atoms with Crippen LogP contribution in [0.2, 0.25) is 0 Å². The Hall–Kier alpha value is -1.36. The zero-order valence-electron chi connectivity index (χ0n) is 10.8. The van der Waals surface area contributed by atoms with Crippen molar-refractivity contribution in [1.29, 1.82) is 0 Å². The first-order chi connectivity index (χ1) is 8.15. The zero-order chi connectivity index (χ0) is 12.4. The van der Waals surface area contributed by atoms with Gasteiger partial charge in [0.05, 0.1) is 0 Å². The van der Waals surface area contributed by atoms with E-state index in [1.807, 2.05) is 6.92 Å². The molecular weight excluding hydrogens is 214 g/mol. The molecule has 2 rings (SSSR count). The fourth-order valence-electron chi connectivity index (χ4n) is 1.99. The minimum Gasteiger partial charge on any atom is -0.359 e. The van der Waals surface area contributed by atoms with Crippen LogP contribution >= 0.6 is 0 Å². The van der Waals surface area contributed by atoms with E-state index in [0.29, 0.717) is 0 Å². The van der Waals surface area contributed by atoms with Crippen molar-refractivity contribution in [3.05, 3.63) is 11.4 Å². The monoisotopic (exact) mass is 235 g/mol. The Morgan fingerprint density at radius 3 is 2.65 bits per heavy atom. The van der Waals surface area contributed by atoms with E-state index >= 15 is 0 Å². The molecule has 0 aliphatic heterocycles.